The predicted octanol–water partition coefficient (Wildman–Crippen LogP) is 2.24. The summed E-state index contributed by atoms with van der Waals surface area (Å²) in [6.45, 7) is 1.66. The standard InChI is InChI=1S/C10H9BrO4/c1-5-7(9(12)13)3-6(4-8(5)11)10(14)15-2/h3-4H,1-2H3,(H,12,13). The lowest BCUT2D eigenvalue weighted by molar-refractivity contribution is 0.0600. The fourth-order valence-electron chi connectivity index (χ4n) is 1.14. The van der Waals surface area contributed by atoms with Crippen LogP contribution in [-0.4, -0.2) is 24.2 Å². The SMILES string of the molecule is COC(=O)c1cc(Br)c(C)c(C(=O)O)c1. The van der Waals surface area contributed by atoms with E-state index in [0.29, 0.717) is 10.0 Å². The fraction of sp³-hybridized carbons (Fsp3) is 0.200. The maximum Gasteiger partial charge on any atom is 0.337 e. The van der Waals surface area contributed by atoms with E-state index in [1.807, 2.05) is 0 Å². The molecule has 1 aromatic carbocycles. The molecular weight excluding hydrogens is 264 g/mol. The molecule has 1 rings (SSSR count). The van der Waals surface area contributed by atoms with E-state index in [1.54, 1.807) is 6.92 Å². The minimum atomic E-state index is -1.07. The molecule has 0 unspecified atom stereocenters. The Hall–Kier alpha value is -1.36. The number of hydrogen-bond donors (Lipinski definition) is 1. The van der Waals surface area contributed by atoms with Crippen LogP contribution in [0, 0.1) is 6.92 Å². The van der Waals surface area contributed by atoms with Crippen molar-refractivity contribution in [1.29, 1.82) is 0 Å². The predicted molar refractivity (Wildman–Crippen MR) is 57.2 cm³/mol. The lowest BCUT2D eigenvalue weighted by atomic mass is 10.1. The molecule has 80 valence electrons. The number of aromatic carboxylic acids is 1. The van der Waals surface area contributed by atoms with Crippen molar-refractivity contribution in [2.45, 2.75) is 6.92 Å². The first kappa shape index (κ1) is 11.7. The van der Waals surface area contributed by atoms with Crippen LogP contribution in [0.25, 0.3) is 0 Å². The highest BCUT2D eigenvalue weighted by molar-refractivity contribution is 9.10. The molecule has 5 heteroatoms. The highest BCUT2D eigenvalue weighted by Gasteiger charge is 2.15. The molecule has 1 aromatic rings. The maximum atomic E-state index is 11.2. The van der Waals surface area contributed by atoms with Crippen LogP contribution in [0.2, 0.25) is 0 Å². The van der Waals surface area contributed by atoms with Crippen LogP contribution >= 0.6 is 15.9 Å². The first-order valence-corrected chi connectivity index (χ1v) is 4.88. The summed E-state index contributed by atoms with van der Waals surface area (Å²) in [6.07, 6.45) is 0. The molecule has 0 saturated heterocycles. The molecule has 0 fully saturated rings. The van der Waals surface area contributed by atoms with Gasteiger partial charge in [-0.15, -0.1) is 0 Å². The third-order valence-corrected chi connectivity index (χ3v) is 2.82. The number of carboxylic acid groups (broad SMARTS) is 1. The Morgan fingerprint density at radius 3 is 2.47 bits per heavy atom. The highest BCUT2D eigenvalue weighted by Crippen LogP contribution is 2.22. The summed E-state index contributed by atoms with van der Waals surface area (Å²) in [4.78, 5) is 22.1. The quantitative estimate of drug-likeness (QED) is 0.839. The average molecular weight is 273 g/mol. The number of methoxy groups -OCH3 is 1. The summed E-state index contributed by atoms with van der Waals surface area (Å²) in [6, 6.07) is 2.84. The smallest absolute Gasteiger partial charge is 0.337 e. The van der Waals surface area contributed by atoms with Crippen molar-refractivity contribution in [3.05, 3.63) is 33.3 Å². The van der Waals surface area contributed by atoms with Gasteiger partial charge in [0.15, 0.2) is 0 Å². The third-order valence-electron chi connectivity index (χ3n) is 2.00. The molecule has 15 heavy (non-hydrogen) atoms. The van der Waals surface area contributed by atoms with Gasteiger partial charge in [0.25, 0.3) is 0 Å². The van der Waals surface area contributed by atoms with Crippen LogP contribution in [0.4, 0.5) is 0 Å². The Labute approximate surface area is 95.0 Å². The van der Waals surface area contributed by atoms with E-state index < -0.39 is 11.9 Å². The summed E-state index contributed by atoms with van der Waals surface area (Å²) >= 11 is 3.19. The van der Waals surface area contributed by atoms with Crippen molar-refractivity contribution in [1.82, 2.24) is 0 Å². The lowest BCUT2D eigenvalue weighted by Gasteiger charge is -2.06. The minimum Gasteiger partial charge on any atom is -0.478 e. The lowest BCUT2D eigenvalue weighted by Crippen LogP contribution is -2.07. The van der Waals surface area contributed by atoms with Gasteiger partial charge < -0.3 is 9.84 Å². The van der Waals surface area contributed by atoms with E-state index in [0.717, 1.165) is 0 Å². The zero-order chi connectivity index (χ0) is 11.6. The van der Waals surface area contributed by atoms with Crippen LogP contribution in [-0.2, 0) is 4.74 Å². The summed E-state index contributed by atoms with van der Waals surface area (Å²) in [7, 11) is 1.25. The van der Waals surface area contributed by atoms with Gasteiger partial charge in [-0.2, -0.15) is 0 Å². The Morgan fingerprint density at radius 1 is 1.40 bits per heavy atom. The molecule has 0 aliphatic rings. The van der Waals surface area contributed by atoms with E-state index in [1.165, 1.54) is 19.2 Å². The maximum absolute atomic E-state index is 11.2. The van der Waals surface area contributed by atoms with E-state index in [9.17, 15) is 9.59 Å². The molecule has 0 heterocycles. The highest BCUT2D eigenvalue weighted by atomic mass is 79.9. The van der Waals surface area contributed by atoms with Crippen molar-refractivity contribution in [3.63, 3.8) is 0 Å². The Balaban J connectivity index is 3.35. The molecule has 0 aliphatic carbocycles. The summed E-state index contributed by atoms with van der Waals surface area (Å²) in [5, 5.41) is 8.90. The fourth-order valence-corrected chi connectivity index (χ4v) is 1.60. The Kier molecular flexibility index (Phi) is 3.47. The van der Waals surface area contributed by atoms with Gasteiger partial charge in [0, 0.05) is 4.47 Å². The van der Waals surface area contributed by atoms with Gasteiger partial charge in [0.2, 0.25) is 0 Å². The normalized spacial score (nSPS) is 9.80. The molecule has 4 nitrogen and oxygen atoms in total. The van der Waals surface area contributed by atoms with Crippen molar-refractivity contribution in [3.8, 4) is 0 Å². The number of carboxylic acids is 1. The molecule has 0 spiro atoms. The van der Waals surface area contributed by atoms with Gasteiger partial charge >= 0.3 is 11.9 Å². The molecule has 1 N–H and O–H groups in total. The van der Waals surface area contributed by atoms with E-state index >= 15 is 0 Å². The Bertz CT molecular complexity index is 426. The molecule has 0 aliphatic heterocycles. The summed E-state index contributed by atoms with van der Waals surface area (Å²) in [5.41, 5.74) is 0.882. The van der Waals surface area contributed by atoms with Crippen LogP contribution in [0.3, 0.4) is 0 Å². The van der Waals surface area contributed by atoms with Crippen LogP contribution in [0.5, 0.6) is 0 Å². The largest absolute Gasteiger partial charge is 0.478 e. The van der Waals surface area contributed by atoms with E-state index in [4.69, 9.17) is 5.11 Å². The number of rotatable bonds is 2. The van der Waals surface area contributed by atoms with Crippen molar-refractivity contribution < 1.29 is 19.4 Å². The average Bonchev–Trinajstić information content (AvgIpc) is 2.20. The van der Waals surface area contributed by atoms with Crippen molar-refractivity contribution in [2.75, 3.05) is 7.11 Å². The zero-order valence-electron chi connectivity index (χ0n) is 8.20. The molecule has 0 saturated carbocycles. The molecule has 0 atom stereocenters. The minimum absolute atomic E-state index is 0.0878. The molecule has 0 bridgehead atoms. The third kappa shape index (κ3) is 2.36. The zero-order valence-corrected chi connectivity index (χ0v) is 9.79. The second-order valence-electron chi connectivity index (χ2n) is 2.93. The topological polar surface area (TPSA) is 63.6 Å². The van der Waals surface area contributed by atoms with Gasteiger partial charge in [0.05, 0.1) is 18.2 Å². The number of ether oxygens (including phenoxy) is 1. The van der Waals surface area contributed by atoms with Gasteiger partial charge in [0.1, 0.15) is 0 Å². The molecule has 0 aromatic heterocycles. The number of esters is 1. The van der Waals surface area contributed by atoms with Crippen LogP contribution in [0.15, 0.2) is 16.6 Å². The first-order valence-electron chi connectivity index (χ1n) is 4.09. The van der Waals surface area contributed by atoms with Gasteiger partial charge in [-0.25, -0.2) is 9.59 Å². The van der Waals surface area contributed by atoms with E-state index in [-0.39, 0.29) is 11.1 Å². The van der Waals surface area contributed by atoms with Crippen molar-refractivity contribution >= 4 is 27.9 Å². The number of carbonyl (C=O) groups is 2. The Morgan fingerprint density at radius 2 is 2.00 bits per heavy atom. The van der Waals surface area contributed by atoms with Crippen LogP contribution < -0.4 is 0 Å². The second kappa shape index (κ2) is 4.44. The number of halogens is 1. The summed E-state index contributed by atoms with van der Waals surface area (Å²) < 4.78 is 5.09. The van der Waals surface area contributed by atoms with Gasteiger partial charge in [-0.05, 0) is 24.6 Å². The van der Waals surface area contributed by atoms with Crippen molar-refractivity contribution in [2.24, 2.45) is 0 Å². The first-order chi connectivity index (χ1) is 6.97. The number of carbonyl (C=O) groups excluding carboxylic acids is 1. The summed E-state index contributed by atoms with van der Waals surface area (Å²) in [5.74, 6) is -1.63. The monoisotopic (exact) mass is 272 g/mol. The number of hydrogen-bond acceptors (Lipinski definition) is 3. The van der Waals surface area contributed by atoms with Crippen LogP contribution in [0.1, 0.15) is 26.3 Å². The van der Waals surface area contributed by atoms with Gasteiger partial charge in [-0.3, -0.25) is 0 Å². The second-order valence-corrected chi connectivity index (χ2v) is 3.78. The van der Waals surface area contributed by atoms with Gasteiger partial charge in [-0.1, -0.05) is 15.9 Å². The number of benzene rings is 1. The molecule has 0 amide bonds. The van der Waals surface area contributed by atoms with E-state index in [2.05, 4.69) is 20.7 Å². The molecule has 0 radical (unpaired) electrons. The molecular formula is C10H9BrO4.